The molecule has 2 atom stereocenters. The molecule has 2 fully saturated rings. The second-order valence-electron chi connectivity index (χ2n) is 7.22. The molecule has 2 aromatic rings. The zero-order valence-corrected chi connectivity index (χ0v) is 14.6. The third-order valence-electron chi connectivity index (χ3n) is 5.26. The van der Waals surface area contributed by atoms with E-state index < -0.39 is 0 Å². The van der Waals surface area contributed by atoms with Crippen molar-refractivity contribution in [3.05, 3.63) is 30.4 Å². The Morgan fingerprint density at radius 2 is 1.92 bits per heavy atom. The van der Waals surface area contributed by atoms with Crippen molar-refractivity contribution in [1.29, 1.82) is 0 Å². The van der Waals surface area contributed by atoms with E-state index in [0.717, 1.165) is 5.82 Å². The molecule has 0 N–H and O–H groups in total. The van der Waals surface area contributed by atoms with Crippen LogP contribution < -0.4 is 9.64 Å². The summed E-state index contributed by atoms with van der Waals surface area (Å²) in [6.07, 6.45) is 8.47. The molecule has 0 aromatic carbocycles. The normalized spacial score (nSPS) is 26.2. The van der Waals surface area contributed by atoms with E-state index in [2.05, 4.69) is 26.0 Å². The molecule has 6 nitrogen and oxygen atoms in total. The topological polar surface area (TPSA) is 56.1 Å². The summed E-state index contributed by atoms with van der Waals surface area (Å²) in [5.74, 6) is 2.28. The molecule has 0 amide bonds. The monoisotopic (exact) mass is 327 g/mol. The highest BCUT2D eigenvalue weighted by Gasteiger charge is 2.42. The maximum atomic E-state index is 5.74. The average Bonchev–Trinajstić information content (AvgIpc) is 3.08. The second-order valence-corrected chi connectivity index (χ2v) is 7.22. The predicted molar refractivity (Wildman–Crippen MR) is 92.3 cm³/mol. The standard InChI is InChI=1S/C18H25N5O/c1-12(2)24-18-10-17(19-11-20-18)23-14-4-5-15(23)9-13(8-14)16-6-7-21-22(16)3/h6-7,10-15H,4-5,8-9H2,1-3H3. The molecule has 2 saturated heterocycles. The lowest BCUT2D eigenvalue weighted by molar-refractivity contribution is 0.232. The summed E-state index contributed by atoms with van der Waals surface area (Å²) in [7, 11) is 2.05. The van der Waals surface area contributed by atoms with Gasteiger partial charge in [-0.2, -0.15) is 5.10 Å². The zero-order chi connectivity index (χ0) is 16.7. The largest absolute Gasteiger partial charge is 0.475 e. The molecule has 0 saturated carbocycles. The molecule has 2 aliphatic rings. The van der Waals surface area contributed by atoms with E-state index in [4.69, 9.17) is 4.74 Å². The minimum Gasteiger partial charge on any atom is -0.475 e. The van der Waals surface area contributed by atoms with Crippen LogP contribution in [-0.4, -0.2) is 37.9 Å². The van der Waals surface area contributed by atoms with Gasteiger partial charge in [0.05, 0.1) is 6.10 Å². The van der Waals surface area contributed by atoms with Crippen molar-refractivity contribution in [2.24, 2.45) is 7.05 Å². The summed E-state index contributed by atoms with van der Waals surface area (Å²) >= 11 is 0. The molecule has 4 rings (SSSR count). The number of hydrogen-bond donors (Lipinski definition) is 0. The Morgan fingerprint density at radius 3 is 2.54 bits per heavy atom. The number of ether oxygens (including phenoxy) is 1. The van der Waals surface area contributed by atoms with E-state index >= 15 is 0 Å². The maximum absolute atomic E-state index is 5.74. The van der Waals surface area contributed by atoms with Gasteiger partial charge in [-0.15, -0.1) is 0 Å². The summed E-state index contributed by atoms with van der Waals surface area (Å²) in [6, 6.07) is 5.25. The van der Waals surface area contributed by atoms with Crippen LogP contribution in [0.1, 0.15) is 51.1 Å². The number of aromatic nitrogens is 4. The second kappa shape index (κ2) is 6.07. The number of nitrogens with zero attached hydrogens (tertiary/aromatic N) is 5. The fourth-order valence-corrected chi connectivity index (χ4v) is 4.35. The summed E-state index contributed by atoms with van der Waals surface area (Å²) in [5.41, 5.74) is 1.36. The van der Waals surface area contributed by atoms with E-state index in [0.29, 0.717) is 23.9 Å². The average molecular weight is 327 g/mol. The molecule has 2 aromatic heterocycles. The molecule has 128 valence electrons. The highest BCUT2D eigenvalue weighted by molar-refractivity contribution is 5.46. The maximum Gasteiger partial charge on any atom is 0.218 e. The number of fused-ring (bicyclic) bond motifs is 2. The Bertz CT molecular complexity index is 699. The van der Waals surface area contributed by atoms with Gasteiger partial charge in [0.25, 0.3) is 0 Å². The third kappa shape index (κ3) is 2.74. The lowest BCUT2D eigenvalue weighted by Gasteiger charge is -2.39. The molecule has 2 unspecified atom stereocenters. The molecule has 0 radical (unpaired) electrons. The van der Waals surface area contributed by atoms with Gasteiger partial charge in [-0.25, -0.2) is 9.97 Å². The molecular weight excluding hydrogens is 302 g/mol. The van der Waals surface area contributed by atoms with Crippen LogP contribution in [0.15, 0.2) is 24.7 Å². The van der Waals surface area contributed by atoms with Gasteiger partial charge < -0.3 is 9.64 Å². The number of aryl methyl sites for hydroxylation is 1. The molecule has 2 bridgehead atoms. The van der Waals surface area contributed by atoms with Crippen molar-refractivity contribution >= 4 is 5.82 Å². The minimum absolute atomic E-state index is 0.125. The molecule has 24 heavy (non-hydrogen) atoms. The van der Waals surface area contributed by atoms with Crippen molar-refractivity contribution < 1.29 is 4.74 Å². The van der Waals surface area contributed by atoms with Crippen molar-refractivity contribution in [2.75, 3.05) is 4.90 Å². The Hall–Kier alpha value is -2.11. The summed E-state index contributed by atoms with van der Waals surface area (Å²) in [4.78, 5) is 11.3. The van der Waals surface area contributed by atoms with Gasteiger partial charge in [0.1, 0.15) is 12.1 Å². The number of piperidine rings is 1. The molecule has 0 aliphatic carbocycles. The number of hydrogen-bond acceptors (Lipinski definition) is 5. The van der Waals surface area contributed by atoms with Crippen LogP contribution in [0.3, 0.4) is 0 Å². The number of rotatable bonds is 4. The molecular formula is C18H25N5O. The fraction of sp³-hybridized carbons (Fsp3) is 0.611. The Morgan fingerprint density at radius 1 is 1.17 bits per heavy atom. The van der Waals surface area contributed by atoms with Gasteiger partial charge in [-0.3, -0.25) is 4.68 Å². The smallest absolute Gasteiger partial charge is 0.218 e. The van der Waals surface area contributed by atoms with E-state index in [1.54, 1.807) is 6.33 Å². The van der Waals surface area contributed by atoms with Crippen LogP contribution in [0.25, 0.3) is 0 Å². The molecule has 2 aliphatic heterocycles. The molecule has 6 heteroatoms. The van der Waals surface area contributed by atoms with E-state index in [1.165, 1.54) is 31.4 Å². The van der Waals surface area contributed by atoms with Gasteiger partial charge in [0, 0.05) is 43.0 Å². The first-order valence-corrected chi connectivity index (χ1v) is 8.86. The number of anilines is 1. The Kier molecular flexibility index (Phi) is 3.90. The van der Waals surface area contributed by atoms with Crippen molar-refractivity contribution in [2.45, 2.75) is 63.6 Å². The lowest BCUT2D eigenvalue weighted by atomic mass is 9.88. The van der Waals surface area contributed by atoms with Crippen LogP contribution in [0.5, 0.6) is 5.88 Å². The van der Waals surface area contributed by atoms with Crippen molar-refractivity contribution in [1.82, 2.24) is 19.7 Å². The van der Waals surface area contributed by atoms with Gasteiger partial charge in [-0.1, -0.05) is 0 Å². The predicted octanol–water partition coefficient (Wildman–Crippen LogP) is 2.91. The summed E-state index contributed by atoms with van der Waals surface area (Å²) < 4.78 is 7.77. The van der Waals surface area contributed by atoms with Crippen molar-refractivity contribution in [3.8, 4) is 5.88 Å². The van der Waals surface area contributed by atoms with Crippen LogP contribution in [0.4, 0.5) is 5.82 Å². The first-order valence-electron chi connectivity index (χ1n) is 8.86. The minimum atomic E-state index is 0.125. The molecule has 0 spiro atoms. The highest BCUT2D eigenvalue weighted by Crippen LogP contribution is 2.44. The summed E-state index contributed by atoms with van der Waals surface area (Å²) in [5, 5.41) is 4.34. The first kappa shape index (κ1) is 15.4. The van der Waals surface area contributed by atoms with E-state index in [1.807, 2.05) is 37.8 Å². The van der Waals surface area contributed by atoms with E-state index in [9.17, 15) is 0 Å². The van der Waals surface area contributed by atoms with Gasteiger partial charge in [-0.05, 0) is 45.6 Å². The van der Waals surface area contributed by atoms with Crippen LogP contribution >= 0.6 is 0 Å². The first-order chi connectivity index (χ1) is 11.6. The van der Waals surface area contributed by atoms with Crippen LogP contribution in [0, 0.1) is 0 Å². The SMILES string of the molecule is CC(C)Oc1cc(N2C3CCC2CC(c2ccnn2C)C3)ncn1. The van der Waals surface area contributed by atoms with Crippen LogP contribution in [-0.2, 0) is 7.05 Å². The van der Waals surface area contributed by atoms with Gasteiger partial charge in [0.2, 0.25) is 5.88 Å². The molecule has 4 heterocycles. The quantitative estimate of drug-likeness (QED) is 0.864. The zero-order valence-electron chi connectivity index (χ0n) is 14.6. The lowest BCUT2D eigenvalue weighted by Crippen LogP contribution is -2.43. The van der Waals surface area contributed by atoms with Crippen molar-refractivity contribution in [3.63, 3.8) is 0 Å². The fourth-order valence-electron chi connectivity index (χ4n) is 4.35. The van der Waals surface area contributed by atoms with E-state index in [-0.39, 0.29) is 6.10 Å². The third-order valence-corrected chi connectivity index (χ3v) is 5.26. The van der Waals surface area contributed by atoms with Crippen LogP contribution in [0.2, 0.25) is 0 Å². The van der Waals surface area contributed by atoms with Gasteiger partial charge >= 0.3 is 0 Å². The Balaban J connectivity index is 1.55. The summed E-state index contributed by atoms with van der Waals surface area (Å²) in [6.45, 7) is 4.04. The highest BCUT2D eigenvalue weighted by atomic mass is 16.5. The Labute approximate surface area is 142 Å². The van der Waals surface area contributed by atoms with Gasteiger partial charge in [0.15, 0.2) is 0 Å².